The highest BCUT2D eigenvalue weighted by atomic mass is 15.3. The number of piperazine rings is 1. The minimum atomic E-state index is 0.763. The molecule has 1 N–H and O–H groups in total. The van der Waals surface area contributed by atoms with Gasteiger partial charge in [-0.3, -0.25) is 4.99 Å². The van der Waals surface area contributed by atoms with Crippen LogP contribution in [0.4, 0.5) is 5.82 Å². The Morgan fingerprint density at radius 2 is 1.77 bits per heavy atom. The minimum Gasteiger partial charge on any atom is -0.354 e. The molecule has 0 unspecified atom stereocenters. The predicted octanol–water partition coefficient (Wildman–Crippen LogP) is 3.09. The van der Waals surface area contributed by atoms with Gasteiger partial charge in [0.25, 0.3) is 0 Å². The van der Waals surface area contributed by atoms with E-state index in [9.17, 15) is 0 Å². The Hall–Kier alpha value is -2.86. The molecule has 0 radical (unpaired) electrons. The first-order chi connectivity index (χ1) is 15.2. The summed E-state index contributed by atoms with van der Waals surface area (Å²) in [6.07, 6.45) is 6.43. The number of rotatable bonds is 4. The Bertz CT molecular complexity index is 889. The molecule has 1 aromatic carbocycles. The van der Waals surface area contributed by atoms with Crippen molar-refractivity contribution in [3.63, 3.8) is 0 Å². The number of hydrogen-bond donors (Lipinski definition) is 1. The molecular formula is C25H34N6. The average molecular weight is 419 g/mol. The molecule has 3 heterocycles. The van der Waals surface area contributed by atoms with Gasteiger partial charge < -0.3 is 20.0 Å². The number of aliphatic imine (C=N–C) groups is 1. The number of nitrogens with zero attached hydrogens (tertiary/aromatic N) is 5. The SMILES string of the molecule is CN=C(NCc1ccnc(N2CCN(C)CC2)c1)N1CCC(=Cc2ccccc2)CC1. The number of hydrogen-bond acceptors (Lipinski definition) is 4. The van der Waals surface area contributed by atoms with Crippen LogP contribution < -0.4 is 10.2 Å². The molecule has 0 atom stereocenters. The molecule has 0 amide bonds. The van der Waals surface area contributed by atoms with Gasteiger partial charge in [0, 0.05) is 59.1 Å². The summed E-state index contributed by atoms with van der Waals surface area (Å²) in [4.78, 5) is 16.2. The quantitative estimate of drug-likeness (QED) is 0.611. The van der Waals surface area contributed by atoms with E-state index < -0.39 is 0 Å². The van der Waals surface area contributed by atoms with Gasteiger partial charge in [0.2, 0.25) is 0 Å². The molecule has 2 saturated heterocycles. The van der Waals surface area contributed by atoms with Crippen molar-refractivity contribution in [1.29, 1.82) is 0 Å². The van der Waals surface area contributed by atoms with Crippen LogP contribution in [0.2, 0.25) is 0 Å². The predicted molar refractivity (Wildman–Crippen MR) is 129 cm³/mol. The Morgan fingerprint density at radius 1 is 1.03 bits per heavy atom. The maximum Gasteiger partial charge on any atom is 0.193 e. The second kappa shape index (κ2) is 10.4. The van der Waals surface area contributed by atoms with Gasteiger partial charge in [-0.15, -0.1) is 0 Å². The molecule has 2 fully saturated rings. The number of anilines is 1. The molecule has 4 rings (SSSR count). The van der Waals surface area contributed by atoms with Crippen LogP contribution in [0.25, 0.3) is 6.08 Å². The van der Waals surface area contributed by atoms with Crippen molar-refractivity contribution in [3.05, 3.63) is 65.4 Å². The van der Waals surface area contributed by atoms with Crippen LogP contribution in [0.1, 0.15) is 24.0 Å². The molecule has 1 aromatic heterocycles. The topological polar surface area (TPSA) is 47.0 Å². The van der Waals surface area contributed by atoms with Crippen LogP contribution in [0, 0.1) is 0 Å². The summed E-state index contributed by atoms with van der Waals surface area (Å²) in [6, 6.07) is 14.9. The van der Waals surface area contributed by atoms with Crippen molar-refractivity contribution >= 4 is 17.9 Å². The lowest BCUT2D eigenvalue weighted by molar-refractivity contribution is 0.312. The summed E-state index contributed by atoms with van der Waals surface area (Å²) < 4.78 is 0. The third kappa shape index (κ3) is 5.85. The largest absolute Gasteiger partial charge is 0.354 e. The lowest BCUT2D eigenvalue weighted by Gasteiger charge is -2.33. The third-order valence-electron chi connectivity index (χ3n) is 6.18. The van der Waals surface area contributed by atoms with Crippen molar-refractivity contribution in [3.8, 4) is 0 Å². The van der Waals surface area contributed by atoms with Crippen LogP contribution in [0.5, 0.6) is 0 Å². The van der Waals surface area contributed by atoms with Crippen LogP contribution in [-0.4, -0.2) is 74.1 Å². The summed E-state index contributed by atoms with van der Waals surface area (Å²) in [6.45, 7) is 7.02. The van der Waals surface area contributed by atoms with E-state index in [4.69, 9.17) is 0 Å². The number of likely N-dealkylation sites (tertiary alicyclic amines) is 1. The maximum absolute atomic E-state index is 4.60. The lowest BCUT2D eigenvalue weighted by atomic mass is 10.0. The van der Waals surface area contributed by atoms with Crippen LogP contribution in [0.3, 0.4) is 0 Å². The maximum atomic E-state index is 4.60. The molecule has 6 heteroatoms. The van der Waals surface area contributed by atoms with Crippen molar-refractivity contribution < 1.29 is 0 Å². The summed E-state index contributed by atoms with van der Waals surface area (Å²) in [7, 11) is 4.05. The summed E-state index contributed by atoms with van der Waals surface area (Å²) in [5.41, 5.74) is 4.05. The molecule has 0 saturated carbocycles. The van der Waals surface area contributed by atoms with E-state index in [1.807, 2.05) is 13.2 Å². The van der Waals surface area contributed by atoms with Gasteiger partial charge in [-0.25, -0.2) is 4.98 Å². The molecular weight excluding hydrogens is 384 g/mol. The number of aromatic nitrogens is 1. The van der Waals surface area contributed by atoms with Crippen molar-refractivity contribution in [2.45, 2.75) is 19.4 Å². The van der Waals surface area contributed by atoms with Crippen molar-refractivity contribution in [2.75, 3.05) is 58.3 Å². The smallest absolute Gasteiger partial charge is 0.193 e. The average Bonchev–Trinajstić information content (AvgIpc) is 2.82. The van der Waals surface area contributed by atoms with E-state index in [2.05, 4.69) is 85.6 Å². The van der Waals surface area contributed by atoms with Crippen molar-refractivity contribution in [2.24, 2.45) is 4.99 Å². The highest BCUT2D eigenvalue weighted by molar-refractivity contribution is 5.80. The van der Waals surface area contributed by atoms with Gasteiger partial charge >= 0.3 is 0 Å². The number of pyridine rings is 1. The molecule has 2 aliphatic rings. The summed E-state index contributed by atoms with van der Waals surface area (Å²) in [5, 5.41) is 3.56. The summed E-state index contributed by atoms with van der Waals surface area (Å²) >= 11 is 0. The van der Waals surface area contributed by atoms with E-state index >= 15 is 0 Å². The first-order valence-corrected chi connectivity index (χ1v) is 11.3. The van der Waals surface area contributed by atoms with Crippen LogP contribution in [0.15, 0.2) is 59.2 Å². The van der Waals surface area contributed by atoms with Gasteiger partial charge in [0.1, 0.15) is 5.82 Å². The van der Waals surface area contributed by atoms with Gasteiger partial charge in [0.05, 0.1) is 0 Å². The summed E-state index contributed by atoms with van der Waals surface area (Å²) in [5.74, 6) is 2.06. The van der Waals surface area contributed by atoms with Gasteiger partial charge in [-0.1, -0.05) is 42.0 Å². The Kier molecular flexibility index (Phi) is 7.20. The zero-order valence-electron chi connectivity index (χ0n) is 18.8. The van der Waals surface area contributed by atoms with E-state index in [1.165, 1.54) is 16.7 Å². The van der Waals surface area contributed by atoms with E-state index in [0.29, 0.717) is 0 Å². The molecule has 0 bridgehead atoms. The van der Waals surface area contributed by atoms with E-state index in [-0.39, 0.29) is 0 Å². The Balaban J connectivity index is 1.30. The Labute approximate surface area is 186 Å². The van der Waals surface area contributed by atoms with Crippen LogP contribution in [-0.2, 0) is 6.54 Å². The molecule has 2 aliphatic heterocycles. The van der Waals surface area contributed by atoms with Gasteiger partial charge in [-0.05, 0) is 43.1 Å². The van der Waals surface area contributed by atoms with Crippen LogP contribution >= 0.6 is 0 Å². The third-order valence-corrected chi connectivity index (χ3v) is 6.18. The normalized spacial score (nSPS) is 18.3. The number of benzene rings is 1. The molecule has 2 aromatic rings. The zero-order valence-corrected chi connectivity index (χ0v) is 18.8. The fourth-order valence-corrected chi connectivity index (χ4v) is 4.23. The first-order valence-electron chi connectivity index (χ1n) is 11.3. The van der Waals surface area contributed by atoms with Gasteiger partial charge in [-0.2, -0.15) is 0 Å². The molecule has 6 nitrogen and oxygen atoms in total. The molecule has 164 valence electrons. The van der Waals surface area contributed by atoms with Crippen molar-refractivity contribution in [1.82, 2.24) is 20.1 Å². The van der Waals surface area contributed by atoms with E-state index in [0.717, 1.165) is 70.4 Å². The first kappa shape index (κ1) is 21.4. The number of guanidine groups is 1. The molecule has 0 aliphatic carbocycles. The van der Waals surface area contributed by atoms with E-state index in [1.54, 1.807) is 0 Å². The number of likely N-dealkylation sites (N-methyl/N-ethyl adjacent to an activating group) is 1. The molecule has 0 spiro atoms. The highest BCUT2D eigenvalue weighted by Crippen LogP contribution is 2.20. The Morgan fingerprint density at radius 3 is 2.48 bits per heavy atom. The lowest BCUT2D eigenvalue weighted by Crippen LogP contribution is -2.45. The highest BCUT2D eigenvalue weighted by Gasteiger charge is 2.18. The monoisotopic (exact) mass is 418 g/mol. The fraction of sp³-hybridized carbons (Fsp3) is 0.440. The van der Waals surface area contributed by atoms with Gasteiger partial charge in [0.15, 0.2) is 5.96 Å². The number of nitrogens with one attached hydrogen (secondary N) is 1. The zero-order chi connectivity index (χ0) is 21.5. The second-order valence-electron chi connectivity index (χ2n) is 8.41. The second-order valence-corrected chi connectivity index (χ2v) is 8.41. The minimum absolute atomic E-state index is 0.763. The fourth-order valence-electron chi connectivity index (χ4n) is 4.23. The standard InChI is InChI=1S/C25H34N6/c1-26-25(31-12-9-22(10-13-31)18-21-6-4-3-5-7-21)28-20-23-8-11-27-24(19-23)30-16-14-29(2)15-17-30/h3-8,11,18-19H,9-10,12-17,20H2,1-2H3,(H,26,28). The molecule has 31 heavy (non-hydrogen) atoms. The number of piperidine rings is 1.